The molecular formula is C16H12BrF2NO. The summed E-state index contributed by atoms with van der Waals surface area (Å²) < 4.78 is 33.2. The van der Waals surface area contributed by atoms with Gasteiger partial charge in [0.25, 0.3) is 0 Å². The first-order valence-corrected chi connectivity index (χ1v) is 7.19. The molecule has 21 heavy (non-hydrogen) atoms. The molecule has 0 aliphatic carbocycles. The van der Waals surface area contributed by atoms with Gasteiger partial charge < -0.3 is 9.73 Å². The van der Waals surface area contributed by atoms with Crippen LogP contribution in [0.4, 0.5) is 8.78 Å². The van der Waals surface area contributed by atoms with Crippen LogP contribution in [0.15, 0.2) is 51.4 Å². The van der Waals surface area contributed by atoms with Crippen molar-refractivity contribution in [2.24, 2.45) is 0 Å². The fourth-order valence-corrected chi connectivity index (χ4v) is 2.82. The molecule has 0 amide bonds. The Balaban J connectivity index is 2.09. The van der Waals surface area contributed by atoms with Gasteiger partial charge in [-0.3, -0.25) is 0 Å². The van der Waals surface area contributed by atoms with Gasteiger partial charge in [-0.05, 0) is 52.8 Å². The number of fused-ring (bicyclic) bond motifs is 1. The zero-order chi connectivity index (χ0) is 15.0. The molecule has 1 N–H and O–H groups in total. The van der Waals surface area contributed by atoms with E-state index in [0.717, 1.165) is 21.5 Å². The lowest BCUT2D eigenvalue weighted by Gasteiger charge is -2.14. The second-order valence-corrected chi connectivity index (χ2v) is 5.56. The molecule has 0 radical (unpaired) electrons. The smallest absolute Gasteiger partial charge is 0.159 e. The summed E-state index contributed by atoms with van der Waals surface area (Å²) in [5.74, 6) is -1.09. The van der Waals surface area contributed by atoms with Crippen molar-refractivity contribution >= 4 is 26.9 Å². The van der Waals surface area contributed by atoms with Gasteiger partial charge in [-0.2, -0.15) is 0 Å². The van der Waals surface area contributed by atoms with Gasteiger partial charge in [0, 0.05) is 5.39 Å². The normalized spacial score (nSPS) is 12.8. The minimum Gasteiger partial charge on any atom is -0.458 e. The van der Waals surface area contributed by atoms with Crippen molar-refractivity contribution in [3.8, 4) is 0 Å². The number of hydrogen-bond acceptors (Lipinski definition) is 2. The largest absolute Gasteiger partial charge is 0.458 e. The molecule has 5 heteroatoms. The molecule has 0 saturated heterocycles. The summed E-state index contributed by atoms with van der Waals surface area (Å²) in [6.45, 7) is 0. The van der Waals surface area contributed by atoms with Gasteiger partial charge in [0.1, 0.15) is 11.3 Å². The quantitative estimate of drug-likeness (QED) is 0.734. The first-order chi connectivity index (χ1) is 10.1. The molecule has 0 spiro atoms. The van der Waals surface area contributed by atoms with Gasteiger partial charge >= 0.3 is 0 Å². The number of furan rings is 1. The number of rotatable bonds is 3. The van der Waals surface area contributed by atoms with E-state index in [2.05, 4.69) is 21.2 Å². The van der Waals surface area contributed by atoms with E-state index in [1.54, 1.807) is 13.1 Å². The average molecular weight is 352 g/mol. The third-order valence-electron chi connectivity index (χ3n) is 3.37. The first kappa shape index (κ1) is 14.2. The van der Waals surface area contributed by atoms with Crippen LogP contribution in [-0.2, 0) is 0 Å². The number of halogens is 3. The number of hydrogen-bond donors (Lipinski definition) is 1. The van der Waals surface area contributed by atoms with Crippen molar-refractivity contribution < 1.29 is 13.2 Å². The SMILES string of the molecule is CNC(c1ccc(F)c(F)c1)c1cc2cccc(Br)c2o1. The van der Waals surface area contributed by atoms with Crippen molar-refractivity contribution in [2.75, 3.05) is 7.05 Å². The molecule has 108 valence electrons. The number of para-hydroxylation sites is 1. The highest BCUT2D eigenvalue weighted by Crippen LogP contribution is 2.32. The first-order valence-electron chi connectivity index (χ1n) is 6.40. The third-order valence-corrected chi connectivity index (χ3v) is 3.99. The van der Waals surface area contributed by atoms with E-state index in [1.807, 2.05) is 24.3 Å². The number of nitrogens with one attached hydrogen (secondary N) is 1. The van der Waals surface area contributed by atoms with Crippen molar-refractivity contribution in [2.45, 2.75) is 6.04 Å². The Morgan fingerprint density at radius 2 is 1.90 bits per heavy atom. The van der Waals surface area contributed by atoms with E-state index in [0.29, 0.717) is 11.3 Å². The Morgan fingerprint density at radius 1 is 1.10 bits per heavy atom. The minimum atomic E-state index is -0.870. The van der Waals surface area contributed by atoms with Gasteiger partial charge in [0.05, 0.1) is 10.5 Å². The molecule has 0 saturated carbocycles. The fourth-order valence-electron chi connectivity index (χ4n) is 2.35. The summed E-state index contributed by atoms with van der Waals surface area (Å²) in [6, 6.07) is 11.1. The van der Waals surface area contributed by atoms with Crippen molar-refractivity contribution in [3.63, 3.8) is 0 Å². The molecule has 3 rings (SSSR count). The molecule has 3 aromatic rings. The highest BCUT2D eigenvalue weighted by Gasteiger charge is 2.19. The van der Waals surface area contributed by atoms with E-state index in [1.165, 1.54) is 6.07 Å². The van der Waals surface area contributed by atoms with Crippen LogP contribution >= 0.6 is 15.9 Å². The topological polar surface area (TPSA) is 25.2 Å². The van der Waals surface area contributed by atoms with E-state index in [4.69, 9.17) is 4.42 Å². The lowest BCUT2D eigenvalue weighted by Crippen LogP contribution is -2.17. The Labute approximate surface area is 128 Å². The Bertz CT molecular complexity index is 800. The van der Waals surface area contributed by atoms with Gasteiger partial charge in [0.15, 0.2) is 11.6 Å². The molecule has 1 heterocycles. The molecule has 1 atom stereocenters. The maximum absolute atomic E-state index is 13.4. The lowest BCUT2D eigenvalue weighted by atomic mass is 10.0. The zero-order valence-corrected chi connectivity index (χ0v) is 12.7. The second kappa shape index (κ2) is 5.58. The second-order valence-electron chi connectivity index (χ2n) is 4.70. The van der Waals surface area contributed by atoms with Crippen LogP contribution in [-0.4, -0.2) is 7.05 Å². The molecule has 0 fully saturated rings. The summed E-state index contributed by atoms with van der Waals surface area (Å²) in [6.07, 6.45) is 0. The summed E-state index contributed by atoms with van der Waals surface area (Å²) in [5, 5.41) is 4.01. The fraction of sp³-hybridized carbons (Fsp3) is 0.125. The van der Waals surface area contributed by atoms with Gasteiger partial charge in [-0.25, -0.2) is 8.78 Å². The highest BCUT2D eigenvalue weighted by molar-refractivity contribution is 9.10. The monoisotopic (exact) mass is 351 g/mol. The van der Waals surface area contributed by atoms with Crippen LogP contribution in [0.5, 0.6) is 0 Å². The maximum atomic E-state index is 13.4. The summed E-state index contributed by atoms with van der Waals surface area (Å²) in [7, 11) is 1.74. The lowest BCUT2D eigenvalue weighted by molar-refractivity contribution is 0.480. The molecule has 0 bridgehead atoms. The predicted octanol–water partition coefficient (Wildman–Crippen LogP) is 4.78. The predicted molar refractivity (Wildman–Crippen MR) is 81.2 cm³/mol. The van der Waals surface area contributed by atoms with Gasteiger partial charge in [0.2, 0.25) is 0 Å². The molecule has 2 nitrogen and oxygen atoms in total. The molecule has 0 aliphatic heterocycles. The van der Waals surface area contributed by atoms with E-state index >= 15 is 0 Å². The third kappa shape index (κ3) is 2.59. The van der Waals surface area contributed by atoms with Crippen LogP contribution in [0.3, 0.4) is 0 Å². The van der Waals surface area contributed by atoms with Crippen LogP contribution in [0, 0.1) is 11.6 Å². The standard InChI is InChI=1S/C16H12BrF2NO/c1-20-15(9-5-6-12(18)13(19)7-9)14-8-10-3-2-4-11(17)16(10)21-14/h2-8,15,20H,1H3. The highest BCUT2D eigenvalue weighted by atomic mass is 79.9. The van der Waals surface area contributed by atoms with Crippen molar-refractivity contribution in [1.29, 1.82) is 0 Å². The van der Waals surface area contributed by atoms with E-state index in [9.17, 15) is 8.78 Å². The Hall–Kier alpha value is -1.72. The van der Waals surface area contributed by atoms with Crippen LogP contribution in [0.2, 0.25) is 0 Å². The van der Waals surface area contributed by atoms with Gasteiger partial charge in [-0.15, -0.1) is 0 Å². The summed E-state index contributed by atoms with van der Waals surface area (Å²) >= 11 is 3.43. The molecule has 1 unspecified atom stereocenters. The van der Waals surface area contributed by atoms with E-state index < -0.39 is 11.6 Å². The van der Waals surface area contributed by atoms with E-state index in [-0.39, 0.29) is 6.04 Å². The number of benzene rings is 2. The minimum absolute atomic E-state index is 0.348. The molecule has 2 aromatic carbocycles. The zero-order valence-electron chi connectivity index (χ0n) is 11.2. The van der Waals surface area contributed by atoms with Crippen LogP contribution in [0.25, 0.3) is 11.0 Å². The summed E-state index contributed by atoms with van der Waals surface area (Å²) in [5.41, 5.74) is 1.34. The molecular weight excluding hydrogens is 340 g/mol. The van der Waals surface area contributed by atoms with Gasteiger partial charge in [-0.1, -0.05) is 18.2 Å². The summed E-state index contributed by atoms with van der Waals surface area (Å²) in [4.78, 5) is 0. The van der Waals surface area contributed by atoms with Crippen molar-refractivity contribution in [1.82, 2.24) is 5.32 Å². The average Bonchev–Trinajstić information content (AvgIpc) is 2.89. The van der Waals surface area contributed by atoms with Crippen LogP contribution < -0.4 is 5.32 Å². The molecule has 1 aromatic heterocycles. The Morgan fingerprint density at radius 3 is 2.57 bits per heavy atom. The maximum Gasteiger partial charge on any atom is 0.159 e. The van der Waals surface area contributed by atoms with Crippen molar-refractivity contribution in [3.05, 3.63) is 69.9 Å². The van der Waals surface area contributed by atoms with Crippen LogP contribution in [0.1, 0.15) is 17.4 Å². The Kier molecular flexibility index (Phi) is 3.78. The molecule has 0 aliphatic rings.